The van der Waals surface area contributed by atoms with E-state index in [1.54, 1.807) is 29.2 Å². The van der Waals surface area contributed by atoms with Crippen molar-refractivity contribution in [2.24, 2.45) is 0 Å². The van der Waals surface area contributed by atoms with E-state index in [2.05, 4.69) is 0 Å². The zero-order valence-corrected chi connectivity index (χ0v) is 16.8. The Kier molecular flexibility index (Phi) is 6.93. The Bertz CT molecular complexity index is 847. The average molecular weight is 421 g/mol. The van der Waals surface area contributed by atoms with Crippen molar-refractivity contribution < 1.29 is 23.5 Å². The highest BCUT2D eigenvalue weighted by Gasteiger charge is 2.27. The fraction of sp³-hybridized carbons (Fsp3) is 0.333. The van der Waals surface area contributed by atoms with Gasteiger partial charge in [0.1, 0.15) is 17.3 Å². The number of benzene rings is 2. The zero-order chi connectivity index (χ0) is 20.8. The third kappa shape index (κ3) is 5.17. The minimum Gasteiger partial charge on any atom is -0.494 e. The highest BCUT2D eigenvalue weighted by molar-refractivity contribution is 6.33. The van der Waals surface area contributed by atoms with E-state index in [9.17, 15) is 14.0 Å². The maximum absolute atomic E-state index is 14.0. The van der Waals surface area contributed by atoms with Gasteiger partial charge in [0.15, 0.2) is 6.61 Å². The monoisotopic (exact) mass is 420 g/mol. The third-order valence-corrected chi connectivity index (χ3v) is 4.91. The van der Waals surface area contributed by atoms with Gasteiger partial charge in [0.25, 0.3) is 11.8 Å². The summed E-state index contributed by atoms with van der Waals surface area (Å²) >= 11 is 5.97. The topological polar surface area (TPSA) is 59.1 Å². The van der Waals surface area contributed by atoms with E-state index in [4.69, 9.17) is 21.1 Å². The molecule has 29 heavy (non-hydrogen) atoms. The molecule has 1 fully saturated rings. The summed E-state index contributed by atoms with van der Waals surface area (Å²) in [4.78, 5) is 28.1. The Labute approximate surface area is 173 Å². The number of amides is 2. The molecular formula is C21H22ClFN2O4. The molecule has 0 N–H and O–H groups in total. The highest BCUT2D eigenvalue weighted by atomic mass is 35.5. The summed E-state index contributed by atoms with van der Waals surface area (Å²) in [6.07, 6.45) is 0. The Morgan fingerprint density at radius 3 is 2.14 bits per heavy atom. The van der Waals surface area contributed by atoms with Crippen molar-refractivity contribution in [3.05, 3.63) is 58.9 Å². The van der Waals surface area contributed by atoms with E-state index in [0.29, 0.717) is 38.5 Å². The lowest BCUT2D eigenvalue weighted by atomic mass is 10.1. The van der Waals surface area contributed by atoms with Crippen molar-refractivity contribution >= 4 is 23.4 Å². The quantitative estimate of drug-likeness (QED) is 0.719. The minimum absolute atomic E-state index is 0.0808. The molecule has 1 saturated heterocycles. The number of halogens is 2. The Hall–Kier alpha value is -2.80. The first-order valence-corrected chi connectivity index (χ1v) is 9.74. The number of carbonyl (C=O) groups is 2. The van der Waals surface area contributed by atoms with Crippen LogP contribution in [0, 0.1) is 5.82 Å². The summed E-state index contributed by atoms with van der Waals surface area (Å²) in [6, 6.07) is 11.2. The summed E-state index contributed by atoms with van der Waals surface area (Å²) in [5.41, 5.74) is -0.132. The van der Waals surface area contributed by atoms with Crippen LogP contribution in [-0.2, 0) is 4.79 Å². The van der Waals surface area contributed by atoms with Crippen molar-refractivity contribution in [2.75, 3.05) is 39.4 Å². The van der Waals surface area contributed by atoms with Crippen LogP contribution < -0.4 is 9.47 Å². The van der Waals surface area contributed by atoms with E-state index in [1.165, 1.54) is 23.1 Å². The molecule has 0 unspecified atom stereocenters. The molecule has 0 aliphatic carbocycles. The summed E-state index contributed by atoms with van der Waals surface area (Å²) in [7, 11) is 0. The Balaban J connectivity index is 1.49. The van der Waals surface area contributed by atoms with E-state index >= 15 is 0 Å². The van der Waals surface area contributed by atoms with Gasteiger partial charge in [-0.3, -0.25) is 9.59 Å². The SMILES string of the molecule is CCOc1ccc(OCC(=O)N2CCN(C(=O)c3c(F)cccc3Cl)CC2)cc1. The molecule has 0 spiro atoms. The van der Waals surface area contributed by atoms with Gasteiger partial charge >= 0.3 is 0 Å². The Morgan fingerprint density at radius 1 is 0.966 bits per heavy atom. The highest BCUT2D eigenvalue weighted by Crippen LogP contribution is 2.22. The van der Waals surface area contributed by atoms with Crippen LogP contribution in [0.2, 0.25) is 5.02 Å². The molecule has 2 aromatic carbocycles. The minimum atomic E-state index is -0.648. The standard InChI is InChI=1S/C21H22ClFN2O4/c1-2-28-15-6-8-16(9-7-15)29-14-19(26)24-10-12-25(13-11-24)21(27)20-17(22)4-3-5-18(20)23/h3-9H,2,10-14H2,1H3. The van der Waals surface area contributed by atoms with Gasteiger partial charge in [-0.15, -0.1) is 0 Å². The van der Waals surface area contributed by atoms with Crippen molar-refractivity contribution in [1.82, 2.24) is 9.80 Å². The van der Waals surface area contributed by atoms with Crippen molar-refractivity contribution in [3.8, 4) is 11.5 Å². The predicted molar refractivity (Wildman–Crippen MR) is 107 cm³/mol. The maximum atomic E-state index is 14.0. The summed E-state index contributed by atoms with van der Waals surface area (Å²) in [5.74, 6) is 0.0252. The van der Waals surface area contributed by atoms with Gasteiger partial charge in [-0.1, -0.05) is 17.7 Å². The van der Waals surface area contributed by atoms with E-state index < -0.39 is 11.7 Å². The molecule has 8 heteroatoms. The largest absolute Gasteiger partial charge is 0.494 e. The van der Waals surface area contributed by atoms with E-state index in [1.807, 2.05) is 6.92 Å². The number of piperazine rings is 1. The van der Waals surface area contributed by atoms with Crippen molar-refractivity contribution in [3.63, 3.8) is 0 Å². The molecule has 0 aromatic heterocycles. The molecule has 0 saturated carbocycles. The van der Waals surface area contributed by atoms with E-state index in [-0.39, 0.29) is 23.1 Å². The van der Waals surface area contributed by atoms with Crippen LogP contribution in [0.1, 0.15) is 17.3 Å². The molecule has 6 nitrogen and oxygen atoms in total. The van der Waals surface area contributed by atoms with Crippen LogP contribution in [0.15, 0.2) is 42.5 Å². The molecule has 154 valence electrons. The summed E-state index contributed by atoms with van der Waals surface area (Å²) in [5, 5.41) is 0.0808. The second kappa shape index (κ2) is 9.60. The number of carbonyl (C=O) groups excluding carboxylic acids is 2. The van der Waals surface area contributed by atoms with Crippen molar-refractivity contribution in [1.29, 1.82) is 0 Å². The molecule has 1 aliphatic heterocycles. The molecule has 1 aliphatic rings. The van der Waals surface area contributed by atoms with Crippen LogP contribution in [0.4, 0.5) is 4.39 Å². The normalized spacial score (nSPS) is 13.9. The predicted octanol–water partition coefficient (Wildman–Crippen LogP) is 3.24. The fourth-order valence-electron chi connectivity index (χ4n) is 3.05. The first-order chi connectivity index (χ1) is 14.0. The number of hydrogen-bond donors (Lipinski definition) is 0. The molecule has 2 aromatic rings. The molecule has 0 atom stereocenters. The summed E-state index contributed by atoms with van der Waals surface area (Å²) in [6.45, 7) is 3.70. The number of ether oxygens (including phenoxy) is 2. The Morgan fingerprint density at radius 2 is 1.55 bits per heavy atom. The smallest absolute Gasteiger partial charge is 0.260 e. The summed E-state index contributed by atoms with van der Waals surface area (Å²) < 4.78 is 24.9. The zero-order valence-electron chi connectivity index (χ0n) is 16.1. The molecule has 0 bridgehead atoms. The number of nitrogens with zero attached hydrogens (tertiary/aromatic N) is 2. The van der Waals surface area contributed by atoms with Gasteiger partial charge in [0, 0.05) is 26.2 Å². The molecule has 3 rings (SSSR count). The fourth-order valence-corrected chi connectivity index (χ4v) is 3.30. The third-order valence-electron chi connectivity index (χ3n) is 4.59. The van der Waals surface area contributed by atoms with Crippen molar-refractivity contribution in [2.45, 2.75) is 6.92 Å². The van der Waals surface area contributed by atoms with E-state index in [0.717, 1.165) is 5.75 Å². The molecular weight excluding hydrogens is 399 g/mol. The van der Waals surface area contributed by atoms with Gasteiger partial charge in [-0.05, 0) is 43.3 Å². The lowest BCUT2D eigenvalue weighted by molar-refractivity contribution is -0.134. The van der Waals surface area contributed by atoms with Crippen LogP contribution >= 0.6 is 11.6 Å². The number of rotatable bonds is 6. The molecule has 2 amide bonds. The molecule has 0 radical (unpaired) electrons. The first-order valence-electron chi connectivity index (χ1n) is 9.36. The second-order valence-corrected chi connectivity index (χ2v) is 6.87. The van der Waals surface area contributed by atoms with Crippen LogP contribution in [0.25, 0.3) is 0 Å². The van der Waals surface area contributed by atoms with Gasteiger partial charge in [-0.25, -0.2) is 4.39 Å². The maximum Gasteiger partial charge on any atom is 0.260 e. The van der Waals surface area contributed by atoms with Gasteiger partial charge in [0.05, 0.1) is 17.2 Å². The van der Waals surface area contributed by atoms with Crippen LogP contribution in [0.3, 0.4) is 0 Å². The number of hydrogen-bond acceptors (Lipinski definition) is 4. The van der Waals surface area contributed by atoms with Gasteiger partial charge < -0.3 is 19.3 Å². The second-order valence-electron chi connectivity index (χ2n) is 6.46. The lowest BCUT2D eigenvalue weighted by Crippen LogP contribution is -2.51. The van der Waals surface area contributed by atoms with Gasteiger partial charge in [0.2, 0.25) is 0 Å². The lowest BCUT2D eigenvalue weighted by Gasteiger charge is -2.34. The first kappa shape index (κ1) is 20.9. The van der Waals surface area contributed by atoms with Crippen LogP contribution in [0.5, 0.6) is 11.5 Å². The average Bonchev–Trinajstić information content (AvgIpc) is 2.73. The molecule has 1 heterocycles. The van der Waals surface area contributed by atoms with Crippen LogP contribution in [-0.4, -0.2) is 61.0 Å². The van der Waals surface area contributed by atoms with Gasteiger partial charge in [-0.2, -0.15) is 0 Å².